The molecular formula is C18H21N3O4S. The molecule has 26 heavy (non-hydrogen) atoms. The van der Waals surface area contributed by atoms with Crippen LogP contribution >= 0.6 is 0 Å². The van der Waals surface area contributed by atoms with Gasteiger partial charge < -0.3 is 10.4 Å². The van der Waals surface area contributed by atoms with Gasteiger partial charge in [0.15, 0.2) is 11.6 Å². The molecule has 0 fully saturated rings. The normalized spacial score (nSPS) is 13.8. The molecule has 1 amide bonds. The maximum Gasteiger partial charge on any atom is 0.240 e. The highest BCUT2D eigenvalue weighted by atomic mass is 32.2. The lowest BCUT2D eigenvalue weighted by Crippen LogP contribution is -2.28. The predicted molar refractivity (Wildman–Crippen MR) is 97.4 cm³/mol. The molecule has 1 aliphatic carbocycles. The van der Waals surface area contributed by atoms with Crippen LogP contribution in [0, 0.1) is 0 Å². The van der Waals surface area contributed by atoms with Crippen LogP contribution in [-0.4, -0.2) is 31.0 Å². The standard InChI is InChI=1S/C18H21N3O4S/c22-16-6-3-10-19-18(16)21-17(23)9-11-20-26(24,25)15-8-7-13-4-1-2-5-14(13)12-15/h3,6-8,10,12,20,22H,1-2,4-5,9,11H2,(H,19,21,23). The lowest BCUT2D eigenvalue weighted by atomic mass is 9.92. The molecule has 3 rings (SSSR count). The summed E-state index contributed by atoms with van der Waals surface area (Å²) in [6.45, 7) is -0.0428. The van der Waals surface area contributed by atoms with Crippen molar-refractivity contribution < 1.29 is 18.3 Å². The van der Waals surface area contributed by atoms with Crippen LogP contribution in [0.3, 0.4) is 0 Å². The van der Waals surface area contributed by atoms with E-state index in [1.165, 1.54) is 23.9 Å². The summed E-state index contributed by atoms with van der Waals surface area (Å²) >= 11 is 0. The number of fused-ring (bicyclic) bond motifs is 1. The number of rotatable bonds is 6. The van der Waals surface area contributed by atoms with Crippen LogP contribution in [0.15, 0.2) is 41.4 Å². The van der Waals surface area contributed by atoms with Gasteiger partial charge in [0.05, 0.1) is 4.90 Å². The Balaban J connectivity index is 1.57. The Labute approximate surface area is 152 Å². The smallest absolute Gasteiger partial charge is 0.240 e. The molecule has 3 N–H and O–H groups in total. The monoisotopic (exact) mass is 375 g/mol. The summed E-state index contributed by atoms with van der Waals surface area (Å²) in [6, 6.07) is 8.15. The zero-order valence-corrected chi connectivity index (χ0v) is 15.1. The van der Waals surface area contributed by atoms with Crippen LogP contribution in [0.25, 0.3) is 0 Å². The number of aromatic nitrogens is 1. The number of hydrogen-bond donors (Lipinski definition) is 3. The number of nitrogens with zero attached hydrogens (tertiary/aromatic N) is 1. The van der Waals surface area contributed by atoms with Crippen molar-refractivity contribution in [2.45, 2.75) is 37.0 Å². The lowest BCUT2D eigenvalue weighted by Gasteiger charge is -2.16. The van der Waals surface area contributed by atoms with Gasteiger partial charge in [-0.3, -0.25) is 4.79 Å². The summed E-state index contributed by atoms with van der Waals surface area (Å²) in [5, 5.41) is 12.0. The summed E-state index contributed by atoms with van der Waals surface area (Å²) in [6.07, 6.45) is 5.47. The molecule has 1 aromatic carbocycles. The van der Waals surface area contributed by atoms with Crippen LogP contribution in [0.5, 0.6) is 5.75 Å². The fourth-order valence-corrected chi connectivity index (χ4v) is 4.03. The van der Waals surface area contributed by atoms with Crippen molar-refractivity contribution >= 4 is 21.7 Å². The molecule has 0 saturated heterocycles. The predicted octanol–water partition coefficient (Wildman–Crippen LogP) is 1.97. The molecule has 1 heterocycles. The summed E-state index contributed by atoms with van der Waals surface area (Å²) in [7, 11) is -3.67. The van der Waals surface area contributed by atoms with E-state index in [-0.39, 0.29) is 29.4 Å². The maximum atomic E-state index is 12.4. The molecule has 0 spiro atoms. The highest BCUT2D eigenvalue weighted by molar-refractivity contribution is 7.89. The van der Waals surface area contributed by atoms with Crippen molar-refractivity contribution in [1.29, 1.82) is 0 Å². The SMILES string of the molecule is O=C(CCNS(=O)(=O)c1ccc2c(c1)CCCC2)Nc1ncccc1O. The zero-order chi connectivity index (χ0) is 18.6. The minimum atomic E-state index is -3.67. The molecule has 1 aliphatic rings. The van der Waals surface area contributed by atoms with Crippen LogP contribution in [0.1, 0.15) is 30.4 Å². The van der Waals surface area contributed by atoms with Gasteiger partial charge in [-0.2, -0.15) is 0 Å². The van der Waals surface area contributed by atoms with Gasteiger partial charge in [-0.1, -0.05) is 6.07 Å². The van der Waals surface area contributed by atoms with E-state index in [1.807, 2.05) is 6.07 Å². The number of carbonyl (C=O) groups is 1. The molecule has 8 heteroatoms. The van der Waals surface area contributed by atoms with Gasteiger partial charge >= 0.3 is 0 Å². The molecule has 0 bridgehead atoms. The van der Waals surface area contributed by atoms with Gasteiger partial charge in [-0.05, 0) is 61.1 Å². The average Bonchev–Trinajstić information content (AvgIpc) is 2.63. The molecule has 0 unspecified atom stereocenters. The molecule has 7 nitrogen and oxygen atoms in total. The Morgan fingerprint density at radius 1 is 1.15 bits per heavy atom. The maximum absolute atomic E-state index is 12.4. The highest BCUT2D eigenvalue weighted by Gasteiger charge is 2.18. The third-order valence-electron chi connectivity index (χ3n) is 4.32. The fraction of sp³-hybridized carbons (Fsp3) is 0.333. The zero-order valence-electron chi connectivity index (χ0n) is 14.2. The van der Waals surface area contributed by atoms with Crippen molar-refractivity contribution in [1.82, 2.24) is 9.71 Å². The number of hydrogen-bond acceptors (Lipinski definition) is 5. The largest absolute Gasteiger partial charge is 0.504 e. The van der Waals surface area contributed by atoms with Crippen LogP contribution < -0.4 is 10.0 Å². The minimum Gasteiger partial charge on any atom is -0.504 e. The van der Waals surface area contributed by atoms with E-state index in [2.05, 4.69) is 15.0 Å². The second-order valence-electron chi connectivity index (χ2n) is 6.20. The Hall–Kier alpha value is -2.45. The number of anilines is 1. The first-order valence-electron chi connectivity index (χ1n) is 8.51. The summed E-state index contributed by atoms with van der Waals surface area (Å²) in [5.41, 5.74) is 2.30. The summed E-state index contributed by atoms with van der Waals surface area (Å²) in [4.78, 5) is 15.9. The number of nitrogens with one attached hydrogen (secondary N) is 2. The third kappa shape index (κ3) is 4.39. The van der Waals surface area contributed by atoms with E-state index in [0.717, 1.165) is 31.2 Å². The van der Waals surface area contributed by atoms with Crippen molar-refractivity contribution in [3.63, 3.8) is 0 Å². The van der Waals surface area contributed by atoms with Gasteiger partial charge in [0.2, 0.25) is 15.9 Å². The van der Waals surface area contributed by atoms with Crippen molar-refractivity contribution in [2.75, 3.05) is 11.9 Å². The Bertz CT molecular complexity index is 912. The van der Waals surface area contributed by atoms with Crippen LogP contribution in [-0.2, 0) is 27.7 Å². The van der Waals surface area contributed by atoms with Gasteiger partial charge in [0.1, 0.15) is 0 Å². The molecule has 0 atom stereocenters. The van der Waals surface area contributed by atoms with Crippen molar-refractivity contribution in [2.24, 2.45) is 0 Å². The Kier molecular flexibility index (Phi) is 5.53. The molecule has 0 aliphatic heterocycles. The number of amides is 1. The second-order valence-corrected chi connectivity index (χ2v) is 7.97. The molecule has 138 valence electrons. The topological polar surface area (TPSA) is 108 Å². The van der Waals surface area contributed by atoms with E-state index in [1.54, 1.807) is 12.1 Å². The highest BCUT2D eigenvalue weighted by Crippen LogP contribution is 2.24. The third-order valence-corrected chi connectivity index (χ3v) is 5.78. The second kappa shape index (κ2) is 7.84. The Morgan fingerprint density at radius 3 is 2.69 bits per heavy atom. The number of pyridine rings is 1. The number of benzene rings is 1. The van der Waals surface area contributed by atoms with E-state index < -0.39 is 15.9 Å². The van der Waals surface area contributed by atoms with E-state index >= 15 is 0 Å². The first kappa shape index (κ1) is 18.3. The van der Waals surface area contributed by atoms with Crippen molar-refractivity contribution in [3.8, 4) is 5.75 Å². The number of carbonyl (C=O) groups excluding carboxylic acids is 1. The minimum absolute atomic E-state index is 0.0428. The van der Waals surface area contributed by atoms with Gasteiger partial charge in [-0.15, -0.1) is 0 Å². The number of aromatic hydroxyl groups is 1. The van der Waals surface area contributed by atoms with Gasteiger partial charge in [0, 0.05) is 19.2 Å². The van der Waals surface area contributed by atoms with Crippen LogP contribution in [0.2, 0.25) is 0 Å². The van der Waals surface area contributed by atoms with Gasteiger partial charge in [0.25, 0.3) is 0 Å². The Morgan fingerprint density at radius 2 is 1.92 bits per heavy atom. The summed E-state index contributed by atoms with van der Waals surface area (Å²) in [5.74, 6) is -0.530. The molecule has 2 aromatic rings. The van der Waals surface area contributed by atoms with E-state index in [4.69, 9.17) is 0 Å². The number of sulfonamides is 1. The van der Waals surface area contributed by atoms with Crippen LogP contribution in [0.4, 0.5) is 5.82 Å². The molecule has 0 saturated carbocycles. The first-order chi connectivity index (χ1) is 12.5. The fourth-order valence-electron chi connectivity index (χ4n) is 2.95. The lowest BCUT2D eigenvalue weighted by molar-refractivity contribution is -0.116. The molecule has 1 aromatic heterocycles. The quantitative estimate of drug-likeness (QED) is 0.715. The molecular weight excluding hydrogens is 354 g/mol. The molecule has 0 radical (unpaired) electrons. The average molecular weight is 375 g/mol. The van der Waals surface area contributed by atoms with Crippen molar-refractivity contribution in [3.05, 3.63) is 47.7 Å². The van der Waals surface area contributed by atoms with Gasteiger partial charge in [-0.25, -0.2) is 18.1 Å². The van der Waals surface area contributed by atoms with E-state index in [9.17, 15) is 18.3 Å². The summed E-state index contributed by atoms with van der Waals surface area (Å²) < 4.78 is 27.3. The van der Waals surface area contributed by atoms with E-state index in [0.29, 0.717) is 0 Å². The number of aryl methyl sites for hydroxylation is 2. The first-order valence-corrected chi connectivity index (χ1v) is 9.99.